The van der Waals surface area contributed by atoms with E-state index in [1.165, 1.54) is 11.3 Å². The zero-order chi connectivity index (χ0) is 18.4. The Labute approximate surface area is 157 Å². The molecular weight excluding hydrogens is 350 g/mol. The first-order valence-electron chi connectivity index (χ1n) is 8.79. The molecule has 0 aliphatic carbocycles. The van der Waals surface area contributed by atoms with Crippen molar-refractivity contribution in [2.45, 2.75) is 25.7 Å². The van der Waals surface area contributed by atoms with Crippen LogP contribution in [0.2, 0.25) is 0 Å². The predicted octanol–water partition coefficient (Wildman–Crippen LogP) is 2.49. The van der Waals surface area contributed by atoms with Crippen LogP contribution in [0.25, 0.3) is 10.6 Å². The maximum atomic E-state index is 12.1. The van der Waals surface area contributed by atoms with Crippen LogP contribution in [-0.4, -0.2) is 48.4 Å². The van der Waals surface area contributed by atoms with Crippen molar-refractivity contribution in [2.75, 3.05) is 26.7 Å². The minimum atomic E-state index is -0.106. The van der Waals surface area contributed by atoms with Gasteiger partial charge in [-0.3, -0.25) is 9.59 Å². The molecule has 1 aromatic carbocycles. The minimum absolute atomic E-state index is 0.106. The minimum Gasteiger partial charge on any atom is -0.497 e. The first-order chi connectivity index (χ1) is 12.7. The van der Waals surface area contributed by atoms with Crippen molar-refractivity contribution in [1.29, 1.82) is 0 Å². The Balaban J connectivity index is 1.45. The van der Waals surface area contributed by atoms with Crippen molar-refractivity contribution >= 4 is 23.2 Å². The molecule has 7 heteroatoms. The number of likely N-dealkylation sites (tertiary alicyclic amines) is 1. The molecule has 1 saturated heterocycles. The number of hydrogen-bond donors (Lipinski definition) is 1. The lowest BCUT2D eigenvalue weighted by Crippen LogP contribution is -2.33. The lowest BCUT2D eigenvalue weighted by molar-refractivity contribution is -0.130. The number of hydrogen-bond acceptors (Lipinski definition) is 5. The van der Waals surface area contributed by atoms with Crippen molar-refractivity contribution in [1.82, 2.24) is 15.2 Å². The Hall–Kier alpha value is -2.41. The van der Waals surface area contributed by atoms with E-state index in [0.29, 0.717) is 13.0 Å². The number of benzene rings is 1. The summed E-state index contributed by atoms with van der Waals surface area (Å²) in [5, 5.41) is 5.58. The number of rotatable bonds is 7. The summed E-state index contributed by atoms with van der Waals surface area (Å²) in [5.41, 5.74) is 1.74. The van der Waals surface area contributed by atoms with Gasteiger partial charge >= 0.3 is 0 Å². The van der Waals surface area contributed by atoms with E-state index in [1.807, 2.05) is 34.5 Å². The van der Waals surface area contributed by atoms with Crippen molar-refractivity contribution in [3.05, 3.63) is 35.3 Å². The van der Waals surface area contributed by atoms with Crippen molar-refractivity contribution < 1.29 is 14.3 Å². The zero-order valence-corrected chi connectivity index (χ0v) is 15.7. The fourth-order valence-corrected chi connectivity index (χ4v) is 3.74. The molecule has 0 unspecified atom stereocenters. The summed E-state index contributed by atoms with van der Waals surface area (Å²) in [6.07, 6.45) is 2.75. The van der Waals surface area contributed by atoms with Gasteiger partial charge in [-0.2, -0.15) is 0 Å². The number of nitrogens with zero attached hydrogens (tertiary/aromatic N) is 2. The summed E-state index contributed by atoms with van der Waals surface area (Å²) in [6.45, 7) is 2.07. The van der Waals surface area contributed by atoms with Crippen LogP contribution in [0.15, 0.2) is 29.6 Å². The van der Waals surface area contributed by atoms with Crippen LogP contribution in [0.5, 0.6) is 5.75 Å². The topological polar surface area (TPSA) is 71.5 Å². The molecule has 1 aromatic heterocycles. The third kappa shape index (κ3) is 4.82. The van der Waals surface area contributed by atoms with E-state index in [0.717, 1.165) is 47.9 Å². The SMILES string of the molecule is COc1ccc(-c2nc(CC(=O)NCCC(=O)N3CCCC3)cs2)cc1. The smallest absolute Gasteiger partial charge is 0.226 e. The van der Waals surface area contributed by atoms with E-state index in [1.54, 1.807) is 7.11 Å². The van der Waals surface area contributed by atoms with E-state index in [-0.39, 0.29) is 18.2 Å². The highest BCUT2D eigenvalue weighted by molar-refractivity contribution is 7.13. The van der Waals surface area contributed by atoms with Crippen molar-refractivity contribution in [2.24, 2.45) is 0 Å². The lowest BCUT2D eigenvalue weighted by atomic mass is 10.2. The maximum Gasteiger partial charge on any atom is 0.226 e. The molecule has 2 aromatic rings. The Morgan fingerprint density at radius 1 is 1.23 bits per heavy atom. The Morgan fingerprint density at radius 2 is 1.96 bits per heavy atom. The number of carbonyl (C=O) groups is 2. The van der Waals surface area contributed by atoms with Crippen LogP contribution < -0.4 is 10.1 Å². The molecule has 0 atom stereocenters. The van der Waals surface area contributed by atoms with Gasteiger partial charge < -0.3 is 15.0 Å². The average Bonchev–Trinajstić information content (AvgIpc) is 3.34. The summed E-state index contributed by atoms with van der Waals surface area (Å²) in [6, 6.07) is 7.68. The second kappa shape index (κ2) is 8.80. The molecule has 1 aliphatic heterocycles. The molecule has 2 amide bonds. The molecule has 138 valence electrons. The second-order valence-electron chi connectivity index (χ2n) is 6.24. The Bertz CT molecular complexity index is 752. The number of amides is 2. The van der Waals surface area contributed by atoms with Crippen molar-refractivity contribution in [3.8, 4) is 16.3 Å². The van der Waals surface area contributed by atoms with Gasteiger partial charge in [0, 0.05) is 37.0 Å². The molecule has 0 bridgehead atoms. The van der Waals surface area contributed by atoms with E-state index in [2.05, 4.69) is 10.3 Å². The Kier molecular flexibility index (Phi) is 6.22. The molecule has 26 heavy (non-hydrogen) atoms. The number of methoxy groups -OCH3 is 1. The van der Waals surface area contributed by atoms with Gasteiger partial charge in [0.1, 0.15) is 10.8 Å². The quantitative estimate of drug-likeness (QED) is 0.809. The highest BCUT2D eigenvalue weighted by atomic mass is 32.1. The molecule has 6 nitrogen and oxygen atoms in total. The van der Waals surface area contributed by atoms with Crippen molar-refractivity contribution in [3.63, 3.8) is 0 Å². The van der Waals surface area contributed by atoms with Gasteiger partial charge in [-0.1, -0.05) is 0 Å². The number of aromatic nitrogens is 1. The fourth-order valence-electron chi connectivity index (χ4n) is 2.91. The molecule has 0 saturated carbocycles. The third-order valence-corrected chi connectivity index (χ3v) is 5.29. The molecule has 1 fully saturated rings. The molecule has 1 N–H and O–H groups in total. The first-order valence-corrected chi connectivity index (χ1v) is 9.67. The Morgan fingerprint density at radius 3 is 2.65 bits per heavy atom. The highest BCUT2D eigenvalue weighted by Gasteiger charge is 2.17. The van der Waals surface area contributed by atoms with Crippen LogP contribution in [0, 0.1) is 0 Å². The number of thiazole rings is 1. The third-order valence-electron chi connectivity index (χ3n) is 4.35. The van der Waals surface area contributed by atoms with E-state index in [9.17, 15) is 9.59 Å². The van der Waals surface area contributed by atoms with Gasteiger partial charge in [-0.05, 0) is 37.1 Å². The fraction of sp³-hybridized carbons (Fsp3) is 0.421. The standard InChI is InChI=1S/C19H23N3O3S/c1-25-16-6-4-14(5-7-16)19-21-15(13-26-19)12-17(23)20-9-8-18(24)22-10-2-3-11-22/h4-7,13H,2-3,8-12H2,1H3,(H,20,23). The van der Waals surface area contributed by atoms with Gasteiger partial charge in [-0.15, -0.1) is 11.3 Å². The lowest BCUT2D eigenvalue weighted by Gasteiger charge is -2.15. The maximum absolute atomic E-state index is 12.1. The average molecular weight is 373 g/mol. The van der Waals surface area contributed by atoms with E-state index < -0.39 is 0 Å². The van der Waals surface area contributed by atoms with Gasteiger partial charge in [0.2, 0.25) is 11.8 Å². The zero-order valence-electron chi connectivity index (χ0n) is 14.9. The van der Waals surface area contributed by atoms with Crippen LogP contribution in [-0.2, 0) is 16.0 Å². The number of ether oxygens (including phenoxy) is 1. The van der Waals surface area contributed by atoms with Gasteiger partial charge in [0.05, 0.1) is 19.2 Å². The van der Waals surface area contributed by atoms with Crippen LogP contribution in [0.4, 0.5) is 0 Å². The monoisotopic (exact) mass is 373 g/mol. The number of carbonyl (C=O) groups excluding carboxylic acids is 2. The number of nitrogens with one attached hydrogen (secondary N) is 1. The van der Waals surface area contributed by atoms with Crippen LogP contribution >= 0.6 is 11.3 Å². The second-order valence-corrected chi connectivity index (χ2v) is 7.10. The largest absolute Gasteiger partial charge is 0.497 e. The van der Waals surface area contributed by atoms with Gasteiger partial charge in [0.25, 0.3) is 0 Å². The van der Waals surface area contributed by atoms with Crippen LogP contribution in [0.3, 0.4) is 0 Å². The molecule has 2 heterocycles. The summed E-state index contributed by atoms with van der Waals surface area (Å²) < 4.78 is 5.15. The summed E-state index contributed by atoms with van der Waals surface area (Å²) in [7, 11) is 1.63. The molecular formula is C19H23N3O3S. The molecule has 0 spiro atoms. The predicted molar refractivity (Wildman–Crippen MR) is 101 cm³/mol. The van der Waals surface area contributed by atoms with Crippen LogP contribution in [0.1, 0.15) is 25.0 Å². The van der Waals surface area contributed by atoms with Gasteiger partial charge in [0.15, 0.2) is 0 Å². The molecule has 1 aliphatic rings. The summed E-state index contributed by atoms with van der Waals surface area (Å²) >= 11 is 1.51. The first kappa shape index (κ1) is 18.4. The normalized spacial score (nSPS) is 13.7. The summed E-state index contributed by atoms with van der Waals surface area (Å²) in [4.78, 5) is 30.4. The molecule has 3 rings (SSSR count). The van der Waals surface area contributed by atoms with E-state index in [4.69, 9.17) is 4.74 Å². The van der Waals surface area contributed by atoms with Gasteiger partial charge in [-0.25, -0.2) is 4.98 Å². The summed E-state index contributed by atoms with van der Waals surface area (Å²) in [5.74, 6) is 0.817. The highest BCUT2D eigenvalue weighted by Crippen LogP contribution is 2.25. The van der Waals surface area contributed by atoms with E-state index >= 15 is 0 Å². The molecule has 0 radical (unpaired) electrons.